The minimum absolute atomic E-state index is 0.0300. The molecule has 0 spiro atoms. The summed E-state index contributed by atoms with van der Waals surface area (Å²) in [4.78, 5) is 25.7. The molecule has 4 N–H and O–H groups in total. The van der Waals surface area contributed by atoms with Crippen LogP contribution in [0.15, 0.2) is 24.4 Å². The largest absolute Gasteiger partial charge is 0.488 e. The van der Waals surface area contributed by atoms with Gasteiger partial charge in [-0.05, 0) is 56.3 Å². The second-order valence-electron chi connectivity index (χ2n) is 9.91. The summed E-state index contributed by atoms with van der Waals surface area (Å²) in [6, 6.07) is 5.00. The molecule has 2 heterocycles. The van der Waals surface area contributed by atoms with E-state index >= 15 is 0 Å². The van der Waals surface area contributed by atoms with Crippen LogP contribution in [-0.4, -0.2) is 58.6 Å². The lowest BCUT2D eigenvalue weighted by molar-refractivity contribution is -0.525. The van der Waals surface area contributed by atoms with Crippen molar-refractivity contribution < 1.29 is 23.0 Å². The zero-order chi connectivity index (χ0) is 26.9. The molecular weight excluding hydrogens is 491 g/mol. The molecule has 0 radical (unpaired) electrons. The number of nitrogens with zero attached hydrogens (tertiary/aromatic N) is 3. The van der Waals surface area contributed by atoms with Crippen molar-refractivity contribution in [2.45, 2.75) is 63.3 Å². The molecule has 1 amide bonds. The predicted molar refractivity (Wildman–Crippen MR) is 132 cm³/mol. The Balaban J connectivity index is 1.42. The van der Waals surface area contributed by atoms with Crippen molar-refractivity contribution in [1.82, 2.24) is 25.5 Å². The zero-order valence-electron chi connectivity index (χ0n) is 20.8. The van der Waals surface area contributed by atoms with Gasteiger partial charge in [0.2, 0.25) is 5.91 Å². The molecule has 202 valence electrons. The van der Waals surface area contributed by atoms with Crippen molar-refractivity contribution in [1.29, 1.82) is 5.41 Å². The number of likely N-dealkylation sites (N-methyl/N-ethyl adjacent to an activating group) is 1. The molecule has 10 nitrogen and oxygen atoms in total. The molecular formula is C24H32F3N7O3. The van der Waals surface area contributed by atoms with Gasteiger partial charge in [-0.25, -0.2) is 10.1 Å². The number of carbonyl (C=O) groups excluding carboxylic acids is 1. The first-order valence-electron chi connectivity index (χ1n) is 12.4. The van der Waals surface area contributed by atoms with E-state index in [2.05, 4.69) is 15.5 Å². The molecule has 0 saturated carbocycles. The van der Waals surface area contributed by atoms with Crippen molar-refractivity contribution in [3.63, 3.8) is 0 Å². The number of benzene rings is 1. The highest BCUT2D eigenvalue weighted by Crippen LogP contribution is 2.46. The lowest BCUT2D eigenvalue weighted by atomic mass is 9.72. The van der Waals surface area contributed by atoms with Gasteiger partial charge in [-0.3, -0.25) is 14.8 Å². The number of fused-ring (bicyclic) bond motifs is 2. The van der Waals surface area contributed by atoms with Gasteiger partial charge in [-0.2, -0.15) is 0 Å². The Kier molecular flexibility index (Phi) is 7.62. The SMILES string of the molecule is CC[C@H](CCCNC(=N)N[N+](=O)[O-])NC(=O)[C@@H]1C[C@@H]2c3cccc4c3c(cn4C(F)(F)F)C[C@H]2N(C)C1. The number of amides is 1. The van der Waals surface area contributed by atoms with Crippen LogP contribution in [0, 0.1) is 21.4 Å². The quantitative estimate of drug-likeness (QED) is 0.138. The third-order valence-electron chi connectivity index (χ3n) is 7.56. The van der Waals surface area contributed by atoms with Crippen LogP contribution in [-0.2, 0) is 17.5 Å². The minimum Gasteiger partial charge on any atom is -0.353 e. The summed E-state index contributed by atoms with van der Waals surface area (Å²) in [5.41, 5.74) is 3.46. The lowest BCUT2D eigenvalue weighted by Crippen LogP contribution is -2.52. The van der Waals surface area contributed by atoms with Crippen LogP contribution in [0.25, 0.3) is 10.9 Å². The Bertz CT molecular complexity index is 1180. The molecule has 1 fully saturated rings. The summed E-state index contributed by atoms with van der Waals surface area (Å²) in [6.07, 6.45) is -0.243. The molecule has 2 aliphatic rings. The summed E-state index contributed by atoms with van der Waals surface area (Å²) in [7, 11) is 1.93. The highest BCUT2D eigenvalue weighted by molar-refractivity contribution is 5.89. The lowest BCUT2D eigenvalue weighted by Gasteiger charge is -2.45. The van der Waals surface area contributed by atoms with Gasteiger partial charge in [0.15, 0.2) is 5.03 Å². The van der Waals surface area contributed by atoms with Gasteiger partial charge in [0.1, 0.15) is 0 Å². The molecule has 1 aliphatic heterocycles. The summed E-state index contributed by atoms with van der Waals surface area (Å²) in [5, 5.41) is 23.3. The van der Waals surface area contributed by atoms with Crippen LogP contribution < -0.4 is 16.1 Å². The van der Waals surface area contributed by atoms with E-state index in [4.69, 9.17) is 5.41 Å². The van der Waals surface area contributed by atoms with Crippen molar-refractivity contribution >= 4 is 22.8 Å². The van der Waals surface area contributed by atoms with Gasteiger partial charge >= 0.3 is 6.30 Å². The van der Waals surface area contributed by atoms with Gasteiger partial charge in [-0.15, -0.1) is 13.2 Å². The van der Waals surface area contributed by atoms with Crippen LogP contribution in [0.5, 0.6) is 0 Å². The van der Waals surface area contributed by atoms with E-state index in [1.54, 1.807) is 11.5 Å². The number of hydrogen-bond acceptors (Lipinski definition) is 5. The number of rotatable bonds is 8. The highest BCUT2D eigenvalue weighted by Gasteiger charge is 2.43. The Hall–Kier alpha value is -3.35. The number of piperidine rings is 1. The molecule has 4 rings (SSSR count). The van der Waals surface area contributed by atoms with Gasteiger partial charge in [0.05, 0.1) is 11.4 Å². The van der Waals surface area contributed by atoms with Gasteiger partial charge in [0.25, 0.3) is 5.96 Å². The molecule has 13 heteroatoms. The zero-order valence-corrected chi connectivity index (χ0v) is 20.8. The van der Waals surface area contributed by atoms with Gasteiger partial charge in [-0.1, -0.05) is 24.5 Å². The second-order valence-corrected chi connectivity index (χ2v) is 9.91. The van der Waals surface area contributed by atoms with Gasteiger partial charge in [0, 0.05) is 42.7 Å². The van der Waals surface area contributed by atoms with Crippen LogP contribution in [0.4, 0.5) is 13.2 Å². The molecule has 1 aromatic heterocycles. The number of nitrogens with one attached hydrogen (secondary N) is 4. The Labute approximate surface area is 212 Å². The van der Waals surface area contributed by atoms with Crippen molar-refractivity contribution in [3.05, 3.63) is 45.6 Å². The van der Waals surface area contributed by atoms with E-state index in [-0.39, 0.29) is 35.3 Å². The van der Waals surface area contributed by atoms with Crippen LogP contribution in [0.2, 0.25) is 0 Å². The Morgan fingerprint density at radius 1 is 1.35 bits per heavy atom. The summed E-state index contributed by atoms with van der Waals surface area (Å²) in [6.45, 7) is 2.85. The van der Waals surface area contributed by atoms with E-state index in [1.165, 1.54) is 12.3 Å². The van der Waals surface area contributed by atoms with Crippen molar-refractivity contribution in [3.8, 4) is 0 Å². The van der Waals surface area contributed by atoms with E-state index in [0.29, 0.717) is 60.7 Å². The molecule has 1 aromatic carbocycles. The number of hydrogen-bond donors (Lipinski definition) is 4. The second kappa shape index (κ2) is 10.6. The first-order valence-corrected chi connectivity index (χ1v) is 12.4. The molecule has 4 atom stereocenters. The molecule has 2 aromatic rings. The Morgan fingerprint density at radius 3 is 2.78 bits per heavy atom. The number of halogens is 3. The molecule has 1 saturated heterocycles. The average molecular weight is 524 g/mol. The fourth-order valence-electron chi connectivity index (χ4n) is 5.84. The molecule has 0 unspecified atom stereocenters. The number of alkyl halides is 3. The van der Waals surface area contributed by atoms with E-state index in [0.717, 1.165) is 5.56 Å². The van der Waals surface area contributed by atoms with Crippen molar-refractivity contribution in [2.24, 2.45) is 5.92 Å². The average Bonchev–Trinajstić information content (AvgIpc) is 3.21. The van der Waals surface area contributed by atoms with Crippen LogP contribution in [0.3, 0.4) is 0 Å². The molecule has 1 aliphatic carbocycles. The monoisotopic (exact) mass is 523 g/mol. The van der Waals surface area contributed by atoms with Gasteiger partial charge < -0.3 is 15.5 Å². The first kappa shape index (κ1) is 26.7. The fourth-order valence-corrected chi connectivity index (χ4v) is 5.84. The van der Waals surface area contributed by atoms with E-state index < -0.39 is 17.3 Å². The van der Waals surface area contributed by atoms with E-state index in [9.17, 15) is 28.1 Å². The Morgan fingerprint density at radius 2 is 2.11 bits per heavy atom. The third-order valence-corrected chi connectivity index (χ3v) is 7.56. The van der Waals surface area contributed by atoms with E-state index in [1.807, 2.05) is 20.0 Å². The maximum atomic E-state index is 13.6. The first-order chi connectivity index (χ1) is 17.5. The highest BCUT2D eigenvalue weighted by atomic mass is 19.4. The summed E-state index contributed by atoms with van der Waals surface area (Å²) in [5.74, 6) is -0.798. The standard InChI is InChI=1S/C24H32F3N7O3/c1-3-16(6-5-9-29-23(28)31-34(36)37)30-22(35)15-10-18-17-7-4-8-19-21(17)14(11-20(18)32(2)12-15)13-33(19)24(25,26)27/h4,7-8,13,15-16,18,20H,3,5-6,9-12H2,1-2H3,(H,30,35)(H3,28,29,31)/t15-,16-,18-,20-/m1/s1. The van der Waals surface area contributed by atoms with Crippen LogP contribution >= 0.6 is 0 Å². The third kappa shape index (κ3) is 5.65. The number of carbonyl (C=O) groups is 1. The maximum absolute atomic E-state index is 13.6. The normalized spacial score (nSPS) is 22.2. The molecule has 0 bridgehead atoms. The molecule has 37 heavy (non-hydrogen) atoms. The number of guanidine groups is 1. The fraction of sp³-hybridized carbons (Fsp3) is 0.583. The summed E-state index contributed by atoms with van der Waals surface area (Å²) < 4.78 is 41.3. The predicted octanol–water partition coefficient (Wildman–Crippen LogP) is 3.06. The van der Waals surface area contributed by atoms with Crippen molar-refractivity contribution in [2.75, 3.05) is 20.1 Å². The number of nitro groups is 1. The maximum Gasteiger partial charge on any atom is 0.488 e. The topological polar surface area (TPSA) is 128 Å². The van der Waals surface area contributed by atoms with Crippen LogP contribution in [0.1, 0.15) is 49.7 Å². The number of likely N-dealkylation sites (tertiary alicyclic amines) is 1. The minimum atomic E-state index is -4.49. The number of aromatic nitrogens is 1. The summed E-state index contributed by atoms with van der Waals surface area (Å²) >= 11 is 0. The smallest absolute Gasteiger partial charge is 0.353 e. The number of hydrazine groups is 1.